The van der Waals surface area contributed by atoms with Crippen LogP contribution in [0.15, 0.2) is 110 Å². The van der Waals surface area contributed by atoms with E-state index >= 15 is 0 Å². The zero-order chi connectivity index (χ0) is 54.1. The minimum absolute atomic E-state index is 0.157. The highest BCUT2D eigenvalue weighted by Crippen LogP contribution is 2.48. The van der Waals surface area contributed by atoms with Crippen LogP contribution >= 0.6 is 0 Å². The fraction of sp³-hybridized carbons (Fsp3) is 0.333. The number of Topliss-reactive ketones (excluding diaryl/α,β-unsaturated/α-hetero) is 2. The molecule has 4 N–H and O–H groups in total. The predicted octanol–water partition coefficient (Wildman–Crippen LogP) is 6.34. The largest absolute Gasteiger partial charge is 0.495 e. The monoisotopic (exact) mass is 1060 g/mol. The van der Waals surface area contributed by atoms with Gasteiger partial charge in [-0.05, 0) is 124 Å². The molecule has 78 heavy (non-hydrogen) atoms. The van der Waals surface area contributed by atoms with Gasteiger partial charge in [-0.15, -0.1) is 10.2 Å². The average Bonchev–Trinajstić information content (AvgIpc) is 4.35. The van der Waals surface area contributed by atoms with Crippen molar-refractivity contribution in [1.82, 2.24) is 35.3 Å². The molecule has 1 saturated carbocycles. The second-order valence-electron chi connectivity index (χ2n) is 20.2. The molecule has 5 heterocycles. The normalized spacial score (nSPS) is 19.0. The molecule has 6 aromatic rings. The van der Waals surface area contributed by atoms with Gasteiger partial charge in [-0.1, -0.05) is 6.58 Å². The third-order valence-corrected chi connectivity index (χ3v) is 15.3. The molecule has 400 valence electrons. The van der Waals surface area contributed by atoms with Crippen molar-refractivity contribution in [2.45, 2.75) is 32.1 Å². The summed E-state index contributed by atoms with van der Waals surface area (Å²) >= 11 is 0. The number of amides is 4. The molecule has 0 bridgehead atoms. The Morgan fingerprint density at radius 1 is 0.782 bits per heavy atom. The van der Waals surface area contributed by atoms with Gasteiger partial charge in [-0.3, -0.25) is 38.7 Å². The number of nitrogens with zero attached hydrogens (tertiary/aromatic N) is 8. The number of anilines is 5. The van der Waals surface area contributed by atoms with Gasteiger partial charge in [0.15, 0.2) is 17.3 Å². The van der Waals surface area contributed by atoms with Gasteiger partial charge in [0.25, 0.3) is 5.91 Å². The number of halogens is 1. The molecule has 2 aliphatic carbocycles. The van der Waals surface area contributed by atoms with E-state index in [9.17, 15) is 33.2 Å². The number of ketones is 2. The average molecular weight is 1060 g/mol. The van der Waals surface area contributed by atoms with Gasteiger partial charge in [-0.25, -0.2) is 9.37 Å². The van der Waals surface area contributed by atoms with Gasteiger partial charge >= 0.3 is 0 Å². The van der Waals surface area contributed by atoms with E-state index in [0.29, 0.717) is 115 Å². The maximum Gasteiger partial charge on any atom is 0.276 e. The third-order valence-electron chi connectivity index (χ3n) is 15.3. The number of ether oxygens (including phenoxy) is 2. The van der Waals surface area contributed by atoms with E-state index in [-0.39, 0.29) is 29.1 Å². The van der Waals surface area contributed by atoms with Crippen molar-refractivity contribution in [3.05, 3.63) is 132 Å². The maximum absolute atomic E-state index is 13.6. The topological polar surface area (TPSA) is 234 Å². The summed E-state index contributed by atoms with van der Waals surface area (Å²) in [6.45, 7) is 10.4. The van der Waals surface area contributed by atoms with Crippen molar-refractivity contribution < 1.29 is 42.6 Å². The fourth-order valence-electron chi connectivity index (χ4n) is 10.7. The molecule has 21 heteroatoms. The van der Waals surface area contributed by atoms with Crippen molar-refractivity contribution >= 4 is 74.8 Å². The fourth-order valence-corrected chi connectivity index (χ4v) is 10.7. The molecule has 2 atom stereocenters. The molecule has 4 amide bonds. The van der Waals surface area contributed by atoms with Crippen molar-refractivity contribution in [1.29, 1.82) is 0 Å². The van der Waals surface area contributed by atoms with E-state index in [1.165, 1.54) is 30.5 Å². The minimum atomic E-state index is -1.20. The number of allylic oxidation sites excluding steroid dienone is 1. The van der Waals surface area contributed by atoms with Crippen LogP contribution < -0.4 is 40.5 Å². The number of pyridine rings is 1. The first-order chi connectivity index (χ1) is 37.8. The van der Waals surface area contributed by atoms with Crippen LogP contribution in [0.4, 0.5) is 33.1 Å². The molecule has 5 aliphatic rings. The number of piperazine rings is 2. The minimum Gasteiger partial charge on any atom is -0.495 e. The summed E-state index contributed by atoms with van der Waals surface area (Å²) in [6, 6.07) is 23.3. The Labute approximate surface area is 448 Å². The van der Waals surface area contributed by atoms with Gasteiger partial charge in [0.1, 0.15) is 28.5 Å². The first kappa shape index (κ1) is 51.3. The molecule has 4 aromatic carbocycles. The number of nitrogens with one attached hydrogen (secondary N) is 4. The number of hydrogen-bond acceptors (Lipinski definition) is 16. The molecule has 2 aromatic heterocycles. The summed E-state index contributed by atoms with van der Waals surface area (Å²) in [5.41, 5.74) is 3.67. The van der Waals surface area contributed by atoms with E-state index in [1.807, 2.05) is 24.3 Å². The quantitative estimate of drug-likeness (QED) is 0.0612. The van der Waals surface area contributed by atoms with Crippen LogP contribution in [0.2, 0.25) is 0 Å². The molecular formula is C57H57FN12O8. The highest BCUT2D eigenvalue weighted by atomic mass is 19.1. The molecule has 11 rings (SSSR count). The SMILES string of the molecule is C=C1CCC(C2C(=O)c3ccc(N4CCN(CCCNc5ncc(C(=O)N6CCN(c7cc8nccc(Oc9ccc(NC(=O)C%10(C(=O)Nc%11ccc(F)cc%11)CC%10)cc9)c8cc7OC)CC6)nn5)CC4)cc3C2=O)C(=O)N1. The van der Waals surface area contributed by atoms with E-state index < -0.39 is 34.9 Å². The number of carbonyl (C=O) groups is 6. The van der Waals surface area contributed by atoms with Crippen LogP contribution in [0.1, 0.15) is 63.3 Å². The summed E-state index contributed by atoms with van der Waals surface area (Å²) in [5.74, 6) is -2.05. The molecule has 4 fully saturated rings. The summed E-state index contributed by atoms with van der Waals surface area (Å²) in [4.78, 5) is 96.7. The Bertz CT molecular complexity index is 3340. The molecule has 2 unspecified atom stereocenters. The highest BCUT2D eigenvalue weighted by Gasteiger charge is 2.56. The molecule has 3 aliphatic heterocycles. The first-order valence-corrected chi connectivity index (χ1v) is 26.1. The number of rotatable bonds is 16. The van der Waals surface area contributed by atoms with E-state index in [1.54, 1.807) is 54.6 Å². The molecule has 0 spiro atoms. The summed E-state index contributed by atoms with van der Waals surface area (Å²) in [7, 11) is 1.60. The zero-order valence-electron chi connectivity index (χ0n) is 42.9. The number of aromatic nitrogens is 4. The van der Waals surface area contributed by atoms with Crippen molar-refractivity contribution in [2.75, 3.05) is 98.3 Å². The number of piperidine rings is 1. The van der Waals surface area contributed by atoms with E-state index in [0.717, 1.165) is 55.9 Å². The smallest absolute Gasteiger partial charge is 0.276 e. The lowest BCUT2D eigenvalue weighted by molar-refractivity contribution is -0.131. The Hall–Kier alpha value is -8.85. The van der Waals surface area contributed by atoms with Gasteiger partial charge in [0, 0.05) is 104 Å². The van der Waals surface area contributed by atoms with Crippen molar-refractivity contribution in [3.63, 3.8) is 0 Å². The van der Waals surface area contributed by atoms with Gasteiger partial charge in [0.05, 0.1) is 36.3 Å². The molecule has 0 radical (unpaired) electrons. The van der Waals surface area contributed by atoms with Crippen LogP contribution in [-0.4, -0.2) is 138 Å². The van der Waals surface area contributed by atoms with Crippen LogP contribution in [0.5, 0.6) is 17.2 Å². The number of carbonyl (C=O) groups excluding carboxylic acids is 6. The second-order valence-corrected chi connectivity index (χ2v) is 20.2. The number of fused-ring (bicyclic) bond motifs is 2. The lowest BCUT2D eigenvalue weighted by Gasteiger charge is -2.36. The van der Waals surface area contributed by atoms with Crippen LogP contribution in [-0.2, 0) is 14.4 Å². The first-order valence-electron chi connectivity index (χ1n) is 26.1. The Balaban J connectivity index is 0.619. The van der Waals surface area contributed by atoms with E-state index in [2.05, 4.69) is 62.7 Å². The van der Waals surface area contributed by atoms with Gasteiger partial charge in [-0.2, -0.15) is 0 Å². The van der Waals surface area contributed by atoms with Crippen LogP contribution in [0.3, 0.4) is 0 Å². The van der Waals surface area contributed by atoms with Gasteiger partial charge in [0.2, 0.25) is 23.7 Å². The molecule has 3 saturated heterocycles. The Kier molecular flexibility index (Phi) is 14.2. The lowest BCUT2D eigenvalue weighted by Crippen LogP contribution is -2.49. The van der Waals surface area contributed by atoms with Gasteiger partial charge < -0.3 is 45.4 Å². The predicted molar refractivity (Wildman–Crippen MR) is 288 cm³/mol. The summed E-state index contributed by atoms with van der Waals surface area (Å²) in [6.07, 6.45) is 5.73. The van der Waals surface area contributed by atoms with E-state index in [4.69, 9.17) is 9.47 Å². The summed E-state index contributed by atoms with van der Waals surface area (Å²) < 4.78 is 25.5. The van der Waals surface area contributed by atoms with Crippen LogP contribution in [0.25, 0.3) is 10.9 Å². The second kappa shape index (κ2) is 21.6. The molecular weight excluding hydrogens is 1000 g/mol. The number of hydrogen-bond donors (Lipinski definition) is 4. The number of methoxy groups -OCH3 is 1. The summed E-state index contributed by atoms with van der Waals surface area (Å²) in [5, 5.41) is 20.6. The molecule has 20 nitrogen and oxygen atoms in total. The van der Waals surface area contributed by atoms with Crippen LogP contribution in [0, 0.1) is 23.1 Å². The van der Waals surface area contributed by atoms with Crippen molar-refractivity contribution in [3.8, 4) is 17.2 Å². The third kappa shape index (κ3) is 10.5. The number of benzene rings is 4. The zero-order valence-corrected chi connectivity index (χ0v) is 42.9. The highest BCUT2D eigenvalue weighted by molar-refractivity contribution is 6.28. The maximum atomic E-state index is 13.6. The Morgan fingerprint density at radius 3 is 2.14 bits per heavy atom. The lowest BCUT2D eigenvalue weighted by atomic mass is 9.82. The van der Waals surface area contributed by atoms with Crippen molar-refractivity contribution in [2.24, 2.45) is 17.3 Å². The Morgan fingerprint density at radius 2 is 1.47 bits per heavy atom. The standard InChI is InChI=1S/C57H57FN12O8/c1-34-4-14-41(52(73)62-34)49-50(71)40-15-11-38(30-42(40)51(49)72)68-24-22-67(23-25-68)21-3-19-60-56-61-33-45(65-66-56)53(74)70-28-26-69(27-29-70)46-32-44-43(31-48(46)77-2)47(16-20-59-44)78-39-12-9-37(10-13-39)64-55(76)57(17-18-57)54(75)63-36-7-5-35(58)6-8-36/h5-13,15-16,20,30-33,41,49H,1,3-4,14,17-19,21-29H2,2H3,(H,62,73)(H,63,75)(H,64,76)(H,60,61,66).